The van der Waals surface area contributed by atoms with Crippen LogP contribution in [0.3, 0.4) is 0 Å². The molecular formula is C8H15O2. The molecule has 0 saturated carbocycles. The summed E-state index contributed by atoms with van der Waals surface area (Å²) < 4.78 is 4.74. The minimum absolute atomic E-state index is 0.128. The summed E-state index contributed by atoms with van der Waals surface area (Å²) >= 11 is 0. The number of ether oxygens (including phenoxy) is 1. The Labute approximate surface area is 62.6 Å². The topological polar surface area (TPSA) is 26.3 Å². The van der Waals surface area contributed by atoms with Crippen LogP contribution in [0.25, 0.3) is 0 Å². The molecule has 0 aromatic heterocycles. The average Bonchev–Trinajstić information content (AvgIpc) is 1.82. The third kappa shape index (κ3) is 5.60. The number of rotatable bonds is 4. The second-order valence-corrected chi connectivity index (χ2v) is 2.66. The van der Waals surface area contributed by atoms with Gasteiger partial charge in [0.1, 0.15) is 6.61 Å². The first-order chi connectivity index (χ1) is 4.66. The van der Waals surface area contributed by atoms with E-state index in [9.17, 15) is 4.79 Å². The van der Waals surface area contributed by atoms with Gasteiger partial charge in [-0.1, -0.05) is 20.8 Å². The lowest BCUT2D eigenvalue weighted by atomic mass is 10.1. The molecule has 1 radical (unpaired) electrons. The van der Waals surface area contributed by atoms with E-state index < -0.39 is 0 Å². The van der Waals surface area contributed by atoms with Gasteiger partial charge < -0.3 is 4.74 Å². The molecule has 0 N–H and O–H groups in total. The Morgan fingerprint density at radius 1 is 1.60 bits per heavy atom. The van der Waals surface area contributed by atoms with Gasteiger partial charge in [0.05, 0.1) is 0 Å². The molecule has 10 heavy (non-hydrogen) atoms. The van der Waals surface area contributed by atoms with Crippen molar-refractivity contribution < 1.29 is 9.53 Å². The lowest BCUT2D eigenvalue weighted by molar-refractivity contribution is -0.141. The maximum atomic E-state index is 10.8. The number of carbonyl (C=O) groups is 1. The van der Waals surface area contributed by atoms with Crippen molar-refractivity contribution in [3.8, 4) is 0 Å². The number of hydrogen-bond acceptors (Lipinski definition) is 2. The highest BCUT2D eigenvalue weighted by Gasteiger charge is 2.04. The van der Waals surface area contributed by atoms with Gasteiger partial charge in [-0.15, -0.1) is 0 Å². The van der Waals surface area contributed by atoms with Gasteiger partial charge in [0.2, 0.25) is 0 Å². The van der Waals surface area contributed by atoms with Crippen molar-refractivity contribution in [1.29, 1.82) is 0 Å². The first kappa shape index (κ1) is 9.47. The third-order valence-corrected chi connectivity index (χ3v) is 0.956. The van der Waals surface area contributed by atoms with Crippen molar-refractivity contribution in [3.05, 3.63) is 6.61 Å². The van der Waals surface area contributed by atoms with Crippen molar-refractivity contribution in [2.75, 3.05) is 0 Å². The second-order valence-electron chi connectivity index (χ2n) is 2.66. The molecular weight excluding hydrogens is 128 g/mol. The highest BCUT2D eigenvalue weighted by atomic mass is 16.5. The lowest BCUT2D eigenvalue weighted by Gasteiger charge is -2.03. The average molecular weight is 143 g/mol. The van der Waals surface area contributed by atoms with Gasteiger partial charge in [0.15, 0.2) is 0 Å². The minimum Gasteiger partial charge on any atom is -0.458 e. The molecule has 0 aliphatic rings. The Bertz CT molecular complexity index is 97.4. The van der Waals surface area contributed by atoms with E-state index in [2.05, 4.69) is 0 Å². The Morgan fingerprint density at radius 2 is 2.20 bits per heavy atom. The Hall–Kier alpha value is -0.530. The van der Waals surface area contributed by atoms with Gasteiger partial charge in [-0.2, -0.15) is 0 Å². The summed E-state index contributed by atoms with van der Waals surface area (Å²) in [5.74, 6) is 0.259. The predicted octanol–water partition coefficient (Wildman–Crippen LogP) is 2.15. The van der Waals surface area contributed by atoms with Gasteiger partial charge in [-0.25, -0.2) is 0 Å². The minimum atomic E-state index is -0.128. The van der Waals surface area contributed by atoms with E-state index in [1.165, 1.54) is 6.61 Å². The molecule has 2 heteroatoms. The van der Waals surface area contributed by atoms with E-state index in [-0.39, 0.29) is 5.97 Å². The molecule has 0 aromatic rings. The molecule has 59 valence electrons. The smallest absolute Gasteiger partial charge is 0.306 e. The fraction of sp³-hybridized carbons (Fsp3) is 0.750. The van der Waals surface area contributed by atoms with E-state index in [1.54, 1.807) is 0 Å². The predicted molar refractivity (Wildman–Crippen MR) is 40.1 cm³/mol. The number of carbonyl (C=O) groups excluding carboxylic acids is 1. The largest absolute Gasteiger partial charge is 0.458 e. The molecule has 0 aliphatic carbocycles. The van der Waals surface area contributed by atoms with Crippen molar-refractivity contribution >= 4 is 5.97 Å². The molecule has 0 saturated heterocycles. The molecule has 0 rings (SSSR count). The Kier molecular flexibility index (Phi) is 4.99. The molecule has 0 atom stereocenters. The first-order valence-electron chi connectivity index (χ1n) is 3.68. The molecule has 0 aromatic carbocycles. The monoisotopic (exact) mass is 143 g/mol. The van der Waals surface area contributed by atoms with Crippen LogP contribution >= 0.6 is 0 Å². The van der Waals surface area contributed by atoms with E-state index in [0.717, 1.165) is 6.42 Å². The molecule has 0 fully saturated rings. The number of esters is 1. The van der Waals surface area contributed by atoms with Gasteiger partial charge in [0, 0.05) is 6.42 Å². The summed E-state index contributed by atoms with van der Waals surface area (Å²) in [5, 5.41) is 0. The molecule has 0 aliphatic heterocycles. The molecule has 0 bridgehead atoms. The van der Waals surface area contributed by atoms with Crippen molar-refractivity contribution in [2.45, 2.75) is 33.6 Å². The summed E-state index contributed by atoms with van der Waals surface area (Å²) in [6.45, 7) is 7.45. The van der Waals surface area contributed by atoms with E-state index in [1.807, 2.05) is 20.8 Å². The zero-order valence-electron chi connectivity index (χ0n) is 6.89. The fourth-order valence-corrected chi connectivity index (χ4v) is 0.558. The molecule has 0 heterocycles. The van der Waals surface area contributed by atoms with Crippen LogP contribution in [0.1, 0.15) is 33.6 Å². The Morgan fingerprint density at radius 3 is 2.60 bits per heavy atom. The SMILES string of the molecule is CC[CH]OC(=O)CC(C)C. The van der Waals surface area contributed by atoms with E-state index >= 15 is 0 Å². The third-order valence-electron chi connectivity index (χ3n) is 0.956. The zero-order valence-corrected chi connectivity index (χ0v) is 6.89. The van der Waals surface area contributed by atoms with Crippen molar-refractivity contribution in [1.82, 2.24) is 0 Å². The van der Waals surface area contributed by atoms with E-state index in [0.29, 0.717) is 12.3 Å². The van der Waals surface area contributed by atoms with E-state index in [4.69, 9.17) is 4.74 Å². The molecule has 0 spiro atoms. The van der Waals surface area contributed by atoms with Crippen LogP contribution in [0.4, 0.5) is 0 Å². The summed E-state index contributed by atoms with van der Waals surface area (Å²) in [7, 11) is 0. The fourth-order valence-electron chi connectivity index (χ4n) is 0.558. The Balaban J connectivity index is 3.26. The summed E-state index contributed by atoms with van der Waals surface area (Å²) in [5.41, 5.74) is 0. The summed E-state index contributed by atoms with van der Waals surface area (Å²) in [6.07, 6.45) is 1.29. The van der Waals surface area contributed by atoms with Gasteiger partial charge in [0.25, 0.3) is 0 Å². The van der Waals surface area contributed by atoms with Crippen LogP contribution < -0.4 is 0 Å². The number of hydrogen-bond donors (Lipinski definition) is 0. The normalized spacial score (nSPS) is 10.0. The van der Waals surface area contributed by atoms with Crippen LogP contribution in [0.5, 0.6) is 0 Å². The van der Waals surface area contributed by atoms with Crippen molar-refractivity contribution in [2.24, 2.45) is 5.92 Å². The van der Waals surface area contributed by atoms with Gasteiger partial charge in [-0.3, -0.25) is 4.79 Å². The summed E-state index contributed by atoms with van der Waals surface area (Å²) in [6, 6.07) is 0. The van der Waals surface area contributed by atoms with Crippen LogP contribution in [0, 0.1) is 12.5 Å². The maximum absolute atomic E-state index is 10.8. The van der Waals surface area contributed by atoms with Crippen molar-refractivity contribution in [3.63, 3.8) is 0 Å². The van der Waals surface area contributed by atoms with Crippen LogP contribution in [-0.4, -0.2) is 5.97 Å². The van der Waals surface area contributed by atoms with Crippen LogP contribution in [-0.2, 0) is 9.53 Å². The highest BCUT2D eigenvalue weighted by molar-refractivity contribution is 5.69. The maximum Gasteiger partial charge on any atom is 0.306 e. The van der Waals surface area contributed by atoms with Crippen LogP contribution in [0.15, 0.2) is 0 Å². The van der Waals surface area contributed by atoms with Gasteiger partial charge in [-0.05, 0) is 12.3 Å². The first-order valence-corrected chi connectivity index (χ1v) is 3.68. The van der Waals surface area contributed by atoms with Gasteiger partial charge >= 0.3 is 5.97 Å². The standard InChI is InChI=1S/C8H15O2/c1-4-5-10-8(9)6-7(2)3/h5,7H,4,6H2,1-3H3. The summed E-state index contributed by atoms with van der Waals surface area (Å²) in [4.78, 5) is 10.8. The molecule has 0 amide bonds. The highest BCUT2D eigenvalue weighted by Crippen LogP contribution is 2.02. The molecule has 2 nitrogen and oxygen atoms in total. The lowest BCUT2D eigenvalue weighted by Crippen LogP contribution is -2.05. The molecule has 0 unspecified atom stereocenters. The second kappa shape index (κ2) is 5.27. The zero-order chi connectivity index (χ0) is 7.98. The van der Waals surface area contributed by atoms with Crippen LogP contribution in [0.2, 0.25) is 0 Å². The quantitative estimate of drug-likeness (QED) is 0.563.